The summed E-state index contributed by atoms with van der Waals surface area (Å²) >= 11 is 9.51. The van der Waals surface area contributed by atoms with Crippen molar-refractivity contribution in [2.75, 3.05) is 0 Å². The highest BCUT2D eigenvalue weighted by Crippen LogP contribution is 2.32. The molecular formula is C12H11BrClNO. The molecule has 1 atom stereocenters. The van der Waals surface area contributed by atoms with Crippen molar-refractivity contribution in [1.29, 1.82) is 0 Å². The van der Waals surface area contributed by atoms with Gasteiger partial charge in [-0.05, 0) is 37.3 Å². The van der Waals surface area contributed by atoms with E-state index in [-0.39, 0.29) is 6.04 Å². The van der Waals surface area contributed by atoms with Crippen molar-refractivity contribution in [2.24, 2.45) is 5.73 Å². The Morgan fingerprint density at radius 2 is 2.06 bits per heavy atom. The molecule has 16 heavy (non-hydrogen) atoms. The minimum absolute atomic E-state index is 0.111. The van der Waals surface area contributed by atoms with Crippen molar-refractivity contribution in [3.63, 3.8) is 0 Å². The van der Waals surface area contributed by atoms with E-state index in [1.807, 2.05) is 37.3 Å². The van der Waals surface area contributed by atoms with Gasteiger partial charge < -0.3 is 10.2 Å². The quantitative estimate of drug-likeness (QED) is 0.894. The van der Waals surface area contributed by atoms with Crippen molar-refractivity contribution in [3.8, 4) is 11.3 Å². The van der Waals surface area contributed by atoms with E-state index in [1.54, 1.807) is 0 Å². The molecule has 1 aromatic carbocycles. The van der Waals surface area contributed by atoms with Gasteiger partial charge in [-0.15, -0.1) is 0 Å². The van der Waals surface area contributed by atoms with E-state index < -0.39 is 0 Å². The second-order valence-electron chi connectivity index (χ2n) is 3.61. The number of nitrogens with two attached hydrogens (primary N) is 1. The van der Waals surface area contributed by atoms with Crippen LogP contribution in [0.15, 0.2) is 39.2 Å². The van der Waals surface area contributed by atoms with E-state index in [1.165, 1.54) is 0 Å². The lowest BCUT2D eigenvalue weighted by molar-refractivity contribution is 0.491. The molecule has 2 N–H and O–H groups in total. The van der Waals surface area contributed by atoms with Gasteiger partial charge >= 0.3 is 0 Å². The molecule has 0 radical (unpaired) electrons. The lowest BCUT2D eigenvalue weighted by atomic mass is 10.2. The fourth-order valence-electron chi connectivity index (χ4n) is 1.43. The average Bonchev–Trinajstić information content (AvgIpc) is 2.70. The van der Waals surface area contributed by atoms with E-state index in [0.717, 1.165) is 21.6 Å². The zero-order valence-corrected chi connectivity index (χ0v) is 11.0. The van der Waals surface area contributed by atoms with Gasteiger partial charge in [-0.3, -0.25) is 0 Å². The van der Waals surface area contributed by atoms with Crippen LogP contribution in [-0.4, -0.2) is 0 Å². The van der Waals surface area contributed by atoms with Crippen LogP contribution in [-0.2, 0) is 0 Å². The molecule has 1 unspecified atom stereocenters. The molecule has 0 amide bonds. The summed E-state index contributed by atoms with van der Waals surface area (Å²) in [6, 6.07) is 9.28. The lowest BCUT2D eigenvalue weighted by Crippen LogP contribution is -2.02. The molecule has 1 aromatic heterocycles. The van der Waals surface area contributed by atoms with E-state index in [0.29, 0.717) is 5.02 Å². The summed E-state index contributed by atoms with van der Waals surface area (Å²) in [7, 11) is 0. The molecule has 84 valence electrons. The smallest absolute Gasteiger partial charge is 0.135 e. The lowest BCUT2D eigenvalue weighted by Gasteiger charge is -2.03. The molecule has 0 saturated carbocycles. The predicted molar refractivity (Wildman–Crippen MR) is 69.5 cm³/mol. The molecule has 2 nitrogen and oxygen atoms in total. The van der Waals surface area contributed by atoms with Gasteiger partial charge in [0, 0.05) is 10.0 Å². The summed E-state index contributed by atoms with van der Waals surface area (Å²) < 4.78 is 6.60. The van der Waals surface area contributed by atoms with Crippen molar-refractivity contribution in [3.05, 3.63) is 45.6 Å². The Morgan fingerprint density at radius 3 is 2.69 bits per heavy atom. The number of benzene rings is 1. The first-order valence-corrected chi connectivity index (χ1v) is 6.06. The summed E-state index contributed by atoms with van der Waals surface area (Å²) in [6.45, 7) is 1.88. The van der Waals surface area contributed by atoms with E-state index in [2.05, 4.69) is 15.9 Å². The maximum atomic E-state index is 6.11. The maximum Gasteiger partial charge on any atom is 0.135 e. The van der Waals surface area contributed by atoms with Gasteiger partial charge in [0.25, 0.3) is 0 Å². The highest BCUT2D eigenvalue weighted by atomic mass is 79.9. The zero-order valence-electron chi connectivity index (χ0n) is 8.71. The van der Waals surface area contributed by atoms with Crippen LogP contribution in [0.3, 0.4) is 0 Å². The molecule has 2 rings (SSSR count). The fraction of sp³-hybridized carbons (Fsp3) is 0.167. The van der Waals surface area contributed by atoms with Crippen LogP contribution in [0.2, 0.25) is 5.02 Å². The molecule has 0 fully saturated rings. The zero-order chi connectivity index (χ0) is 11.7. The van der Waals surface area contributed by atoms with E-state index in [4.69, 9.17) is 21.8 Å². The summed E-state index contributed by atoms with van der Waals surface area (Å²) in [6.07, 6.45) is 0. The van der Waals surface area contributed by atoms with Gasteiger partial charge in [-0.25, -0.2) is 0 Å². The van der Waals surface area contributed by atoms with Crippen LogP contribution in [0, 0.1) is 0 Å². The van der Waals surface area contributed by atoms with Gasteiger partial charge in [-0.1, -0.05) is 27.5 Å². The second-order valence-corrected chi connectivity index (χ2v) is 4.94. The molecule has 0 aliphatic heterocycles. The average molecular weight is 301 g/mol. The minimum atomic E-state index is -0.111. The monoisotopic (exact) mass is 299 g/mol. The first kappa shape index (κ1) is 11.7. The predicted octanol–water partition coefficient (Wildman–Crippen LogP) is 4.38. The summed E-state index contributed by atoms with van der Waals surface area (Å²) in [4.78, 5) is 0. The van der Waals surface area contributed by atoms with Crippen LogP contribution in [0.1, 0.15) is 18.7 Å². The first-order chi connectivity index (χ1) is 7.58. The largest absolute Gasteiger partial charge is 0.459 e. The third kappa shape index (κ3) is 2.32. The third-order valence-corrected chi connectivity index (χ3v) is 3.09. The van der Waals surface area contributed by atoms with Crippen LogP contribution < -0.4 is 5.73 Å². The van der Waals surface area contributed by atoms with Gasteiger partial charge in [0.1, 0.15) is 11.5 Å². The highest BCUT2D eigenvalue weighted by molar-refractivity contribution is 9.10. The van der Waals surface area contributed by atoms with Crippen molar-refractivity contribution < 1.29 is 4.42 Å². The first-order valence-electron chi connectivity index (χ1n) is 4.88. The highest BCUT2D eigenvalue weighted by Gasteiger charge is 2.11. The molecule has 0 spiro atoms. The molecule has 1 heterocycles. The Labute approximate surface area is 108 Å². The number of hydrogen-bond donors (Lipinski definition) is 1. The fourth-order valence-corrected chi connectivity index (χ4v) is 2.00. The summed E-state index contributed by atoms with van der Waals surface area (Å²) in [5, 5.41) is 0.661. The topological polar surface area (TPSA) is 39.2 Å². The molecule has 0 saturated heterocycles. The molecule has 2 aromatic rings. The maximum absolute atomic E-state index is 6.11. The van der Waals surface area contributed by atoms with Gasteiger partial charge in [-0.2, -0.15) is 0 Å². The Bertz CT molecular complexity index is 507. The van der Waals surface area contributed by atoms with Crippen LogP contribution in [0.25, 0.3) is 11.3 Å². The second kappa shape index (κ2) is 4.62. The molecule has 0 bridgehead atoms. The van der Waals surface area contributed by atoms with Crippen LogP contribution in [0.5, 0.6) is 0 Å². The van der Waals surface area contributed by atoms with Crippen LogP contribution >= 0.6 is 27.5 Å². The SMILES string of the molecule is CC(N)c1ccc(-c2cc(Br)ccc2Cl)o1. The normalized spacial score (nSPS) is 12.8. The molecular weight excluding hydrogens is 289 g/mol. The van der Waals surface area contributed by atoms with Crippen molar-refractivity contribution >= 4 is 27.5 Å². The molecule has 4 heteroatoms. The number of hydrogen-bond acceptors (Lipinski definition) is 2. The number of halogens is 2. The summed E-state index contributed by atoms with van der Waals surface area (Å²) in [5.74, 6) is 1.49. The standard InChI is InChI=1S/C12H11BrClNO/c1-7(15)11-4-5-12(16-11)9-6-8(13)2-3-10(9)14/h2-7H,15H2,1H3. The summed E-state index contributed by atoms with van der Waals surface area (Å²) in [5.41, 5.74) is 6.60. The van der Waals surface area contributed by atoms with Crippen molar-refractivity contribution in [2.45, 2.75) is 13.0 Å². The van der Waals surface area contributed by atoms with E-state index in [9.17, 15) is 0 Å². The molecule has 0 aliphatic carbocycles. The third-order valence-electron chi connectivity index (χ3n) is 2.27. The Hall–Kier alpha value is -0.770. The van der Waals surface area contributed by atoms with Crippen molar-refractivity contribution in [1.82, 2.24) is 0 Å². The minimum Gasteiger partial charge on any atom is -0.459 e. The van der Waals surface area contributed by atoms with Crippen LogP contribution in [0.4, 0.5) is 0 Å². The van der Waals surface area contributed by atoms with Gasteiger partial charge in [0.2, 0.25) is 0 Å². The Balaban J connectivity index is 2.46. The Morgan fingerprint density at radius 1 is 1.31 bits per heavy atom. The Kier molecular flexibility index (Phi) is 3.38. The molecule has 0 aliphatic rings. The van der Waals surface area contributed by atoms with Gasteiger partial charge in [0.15, 0.2) is 0 Å². The van der Waals surface area contributed by atoms with Gasteiger partial charge in [0.05, 0.1) is 11.1 Å². The number of rotatable bonds is 2. The number of furan rings is 1. The van der Waals surface area contributed by atoms with E-state index >= 15 is 0 Å².